The van der Waals surface area contributed by atoms with Crippen LogP contribution in [0.3, 0.4) is 0 Å². The van der Waals surface area contributed by atoms with Crippen LogP contribution >= 0.6 is 0 Å². The lowest BCUT2D eigenvalue weighted by Gasteiger charge is -2.21. The molecule has 1 aliphatic rings. The predicted octanol–water partition coefficient (Wildman–Crippen LogP) is 2.78. The number of allylic oxidation sites excluding steroid dienone is 1. The molecule has 0 spiro atoms. The minimum atomic E-state index is -4.61. The molecule has 1 aliphatic carbocycles. The molecule has 1 aromatic rings. The molecule has 0 aliphatic heterocycles. The Kier molecular flexibility index (Phi) is 4.80. The van der Waals surface area contributed by atoms with E-state index in [9.17, 15) is 17.6 Å². The van der Waals surface area contributed by atoms with E-state index in [2.05, 4.69) is 16.7 Å². The molecule has 2 rings (SSSR count). The Balaban J connectivity index is 2.23. The van der Waals surface area contributed by atoms with Crippen LogP contribution in [-0.4, -0.2) is 33.9 Å². The van der Waals surface area contributed by atoms with Gasteiger partial charge in [-0.3, -0.25) is 9.98 Å². The van der Waals surface area contributed by atoms with Crippen molar-refractivity contribution in [3.63, 3.8) is 0 Å². The minimum absolute atomic E-state index is 0.0194. The second-order valence-electron chi connectivity index (χ2n) is 5.00. The van der Waals surface area contributed by atoms with Crippen LogP contribution in [0, 0.1) is 5.82 Å². The molecule has 0 unspecified atom stereocenters. The first kappa shape index (κ1) is 16.4. The molecule has 120 valence electrons. The molecular formula is C14H15F4N3O. The first-order valence-electron chi connectivity index (χ1n) is 6.60. The first-order chi connectivity index (χ1) is 10.3. The molecule has 8 heteroatoms. The van der Waals surface area contributed by atoms with Gasteiger partial charge in [0.1, 0.15) is 5.82 Å². The van der Waals surface area contributed by atoms with Gasteiger partial charge in [0.05, 0.1) is 18.8 Å². The normalized spacial score (nSPS) is 15.8. The predicted molar refractivity (Wildman–Crippen MR) is 72.4 cm³/mol. The summed E-state index contributed by atoms with van der Waals surface area (Å²) < 4.78 is 52.1. The molecule has 0 aromatic carbocycles. The molecule has 0 amide bonds. The zero-order valence-corrected chi connectivity index (χ0v) is 11.6. The van der Waals surface area contributed by atoms with Gasteiger partial charge in [-0.2, -0.15) is 13.2 Å². The van der Waals surface area contributed by atoms with Crippen LogP contribution in [0.5, 0.6) is 0 Å². The summed E-state index contributed by atoms with van der Waals surface area (Å²) in [5, 5.41) is 8.90. The highest BCUT2D eigenvalue weighted by molar-refractivity contribution is 5.30. The number of hydrogen-bond acceptors (Lipinski definition) is 4. The van der Waals surface area contributed by atoms with Crippen LogP contribution in [0.2, 0.25) is 0 Å². The van der Waals surface area contributed by atoms with Crippen molar-refractivity contribution >= 4 is 6.72 Å². The summed E-state index contributed by atoms with van der Waals surface area (Å²) in [5.74, 6) is -0.661. The smallest absolute Gasteiger partial charge is 0.392 e. The van der Waals surface area contributed by atoms with Crippen LogP contribution in [0.1, 0.15) is 24.1 Å². The number of pyridine rings is 1. The lowest BCUT2D eigenvalue weighted by Crippen LogP contribution is -2.24. The number of halogens is 4. The molecule has 1 aromatic heterocycles. The van der Waals surface area contributed by atoms with Crippen molar-refractivity contribution in [2.75, 3.05) is 0 Å². The van der Waals surface area contributed by atoms with Gasteiger partial charge in [0.2, 0.25) is 0 Å². The zero-order valence-electron chi connectivity index (χ0n) is 11.6. The van der Waals surface area contributed by atoms with Crippen LogP contribution < -0.4 is 0 Å². The summed E-state index contributed by atoms with van der Waals surface area (Å²) in [6.07, 6.45) is -0.999. The van der Waals surface area contributed by atoms with Gasteiger partial charge in [0.15, 0.2) is 5.70 Å². The molecule has 1 heterocycles. The first-order valence-corrected chi connectivity index (χ1v) is 6.60. The Hall–Kier alpha value is -1.96. The standard InChI is InChI=1S/C14H15F4N3O/c1-19-13(14(16,17)18)7-21(10-2-3-10)6-12-11(15)4-9(8-22)5-20-12/h4-5,7,10,22H,1-3,6,8H2/b13-7-. The van der Waals surface area contributed by atoms with Crippen molar-refractivity contribution < 1.29 is 22.7 Å². The second kappa shape index (κ2) is 6.43. The number of hydrogen-bond donors (Lipinski definition) is 1. The summed E-state index contributed by atoms with van der Waals surface area (Å²) >= 11 is 0. The maximum atomic E-state index is 13.9. The number of rotatable bonds is 6. The van der Waals surface area contributed by atoms with E-state index in [-0.39, 0.29) is 24.9 Å². The molecule has 1 fully saturated rings. The SMILES string of the molecule is C=N/C(=C\N(Cc1ncc(CO)cc1F)C1CC1)C(F)(F)F. The van der Waals surface area contributed by atoms with Crippen LogP contribution in [0.15, 0.2) is 29.2 Å². The van der Waals surface area contributed by atoms with Crippen molar-refractivity contribution in [1.82, 2.24) is 9.88 Å². The van der Waals surface area contributed by atoms with Gasteiger partial charge in [-0.15, -0.1) is 0 Å². The van der Waals surface area contributed by atoms with Crippen LogP contribution in [0.4, 0.5) is 17.6 Å². The third-order valence-electron chi connectivity index (χ3n) is 3.25. The number of aliphatic hydroxyl groups excluding tert-OH is 1. The van der Waals surface area contributed by atoms with Crippen molar-refractivity contribution in [2.45, 2.75) is 38.2 Å². The van der Waals surface area contributed by atoms with E-state index >= 15 is 0 Å². The topological polar surface area (TPSA) is 48.7 Å². The third kappa shape index (κ3) is 4.03. The lowest BCUT2D eigenvalue weighted by atomic mass is 10.2. The van der Waals surface area contributed by atoms with Gasteiger partial charge >= 0.3 is 6.18 Å². The van der Waals surface area contributed by atoms with E-state index < -0.39 is 17.7 Å². The fraction of sp³-hybridized carbons (Fsp3) is 0.429. The Bertz CT molecular complexity index is 582. The van der Waals surface area contributed by atoms with Crippen LogP contribution in [-0.2, 0) is 13.2 Å². The summed E-state index contributed by atoms with van der Waals surface area (Å²) in [4.78, 5) is 8.24. The molecule has 1 saturated carbocycles. The van der Waals surface area contributed by atoms with E-state index in [1.54, 1.807) is 0 Å². The fourth-order valence-corrected chi connectivity index (χ4v) is 1.93. The van der Waals surface area contributed by atoms with Crippen molar-refractivity contribution in [2.24, 2.45) is 4.99 Å². The number of aromatic nitrogens is 1. The highest BCUT2D eigenvalue weighted by atomic mass is 19.4. The zero-order chi connectivity index (χ0) is 16.3. The van der Waals surface area contributed by atoms with Gasteiger partial charge in [0, 0.05) is 18.4 Å². The van der Waals surface area contributed by atoms with Gasteiger partial charge in [-0.25, -0.2) is 4.39 Å². The van der Waals surface area contributed by atoms with Crippen LogP contribution in [0.25, 0.3) is 0 Å². The second-order valence-corrected chi connectivity index (χ2v) is 5.00. The maximum Gasteiger partial charge on any atom is 0.434 e. The molecule has 0 radical (unpaired) electrons. The van der Waals surface area contributed by atoms with E-state index in [4.69, 9.17) is 5.11 Å². The van der Waals surface area contributed by atoms with E-state index in [0.717, 1.165) is 25.1 Å². The van der Waals surface area contributed by atoms with Crippen molar-refractivity contribution in [3.05, 3.63) is 41.2 Å². The molecule has 0 bridgehead atoms. The molecule has 1 N–H and O–H groups in total. The monoisotopic (exact) mass is 317 g/mol. The Morgan fingerprint density at radius 2 is 2.18 bits per heavy atom. The molecule has 22 heavy (non-hydrogen) atoms. The Morgan fingerprint density at radius 3 is 2.64 bits per heavy atom. The molecular weight excluding hydrogens is 302 g/mol. The fourth-order valence-electron chi connectivity index (χ4n) is 1.93. The highest BCUT2D eigenvalue weighted by Crippen LogP contribution is 2.32. The summed E-state index contributed by atoms with van der Waals surface area (Å²) in [5.41, 5.74) is -0.795. The summed E-state index contributed by atoms with van der Waals surface area (Å²) in [6.45, 7) is 2.47. The number of alkyl halides is 3. The Labute approximate surface area is 124 Å². The minimum Gasteiger partial charge on any atom is -0.392 e. The number of aliphatic imine (C=N–C) groups is 1. The molecule has 4 nitrogen and oxygen atoms in total. The molecule has 0 atom stereocenters. The number of nitrogens with zero attached hydrogens (tertiary/aromatic N) is 3. The van der Waals surface area contributed by atoms with E-state index in [1.165, 1.54) is 11.1 Å². The largest absolute Gasteiger partial charge is 0.434 e. The quantitative estimate of drug-likeness (QED) is 0.648. The third-order valence-corrected chi connectivity index (χ3v) is 3.25. The average Bonchev–Trinajstić information content (AvgIpc) is 3.28. The van der Waals surface area contributed by atoms with Gasteiger partial charge in [0.25, 0.3) is 0 Å². The average molecular weight is 317 g/mol. The van der Waals surface area contributed by atoms with Gasteiger partial charge in [-0.05, 0) is 31.2 Å². The van der Waals surface area contributed by atoms with E-state index in [0.29, 0.717) is 5.56 Å². The highest BCUT2D eigenvalue weighted by Gasteiger charge is 2.36. The lowest BCUT2D eigenvalue weighted by molar-refractivity contribution is -0.0934. The van der Waals surface area contributed by atoms with Crippen molar-refractivity contribution in [1.29, 1.82) is 0 Å². The van der Waals surface area contributed by atoms with Gasteiger partial charge < -0.3 is 10.0 Å². The van der Waals surface area contributed by atoms with Crippen molar-refractivity contribution in [3.8, 4) is 0 Å². The van der Waals surface area contributed by atoms with E-state index in [1.807, 2.05) is 0 Å². The Morgan fingerprint density at radius 1 is 1.50 bits per heavy atom. The number of aliphatic hydroxyl groups is 1. The summed E-state index contributed by atoms with van der Waals surface area (Å²) in [6, 6.07) is 1.03. The van der Waals surface area contributed by atoms with Gasteiger partial charge in [-0.1, -0.05) is 0 Å². The summed E-state index contributed by atoms with van der Waals surface area (Å²) in [7, 11) is 0. The molecule has 0 saturated heterocycles. The maximum absolute atomic E-state index is 13.9.